The lowest BCUT2D eigenvalue weighted by atomic mass is 9.82. The van der Waals surface area contributed by atoms with Crippen molar-refractivity contribution in [2.75, 3.05) is 9.80 Å². The van der Waals surface area contributed by atoms with E-state index >= 15 is 19.2 Å². The molecule has 4 N–H and O–H groups in total. The molecule has 0 saturated heterocycles. The number of anilines is 2. The number of ether oxygens (including phenoxy) is 4. The van der Waals surface area contributed by atoms with Gasteiger partial charge in [-0.15, -0.1) is 0 Å². The van der Waals surface area contributed by atoms with Gasteiger partial charge in [-0.1, -0.05) is 165 Å². The summed E-state index contributed by atoms with van der Waals surface area (Å²) in [6, 6.07) is 81.5. The van der Waals surface area contributed by atoms with Crippen LogP contribution in [0.15, 0.2) is 255 Å². The second-order valence-corrected chi connectivity index (χ2v) is 36.7. The minimum Gasteiger partial charge on any atom is -0.508 e. The molecule has 3 aliphatic carbocycles. The normalized spacial score (nSPS) is 14.0. The molecule has 0 fully saturated rings. The van der Waals surface area contributed by atoms with Crippen molar-refractivity contribution in [2.24, 2.45) is 0 Å². The number of phenolic OH excluding ortho intramolecular Hbond substituents is 4. The summed E-state index contributed by atoms with van der Waals surface area (Å²) < 4.78 is 28.3. The molecule has 2 heterocycles. The molecule has 5 aliphatic rings. The molecule has 14 heteroatoms. The van der Waals surface area contributed by atoms with E-state index in [9.17, 15) is 20.4 Å². The molecule has 130 heavy (non-hydrogen) atoms. The van der Waals surface area contributed by atoms with Crippen LogP contribution in [-0.4, -0.2) is 44.1 Å². The number of hydrogen-bond acceptors (Lipinski definition) is 12. The quantitative estimate of drug-likeness (QED) is 0.0458. The van der Waals surface area contributed by atoms with Gasteiger partial charge in [-0.25, -0.2) is 9.80 Å². The molecule has 0 atom stereocenters. The SMILES string of the molecule is CC(C)c1cccc(C(C)C)c1N1C(=O)c2cc(Oc3ccc(O)cc3)c3c4ccc5c6c(ccc(c7c(Oc8ccc(O)cc8)cc(c2c37)C1=O)c64)-c1cc2cc3c(cc2cc1-5)/C=C\c1cc2cc4c(cc2cc1CC3)-c1ccc2c3c(Oc5ccc(O)cc5)cc5c6c(cc(Oc7ccc(O)cc7)c(c7ccc-4c1c72)c63)C(=O)N(c1c(C(C)C)cccc1C(C)C)C5=O. The number of rotatable bonds is 14. The lowest BCUT2D eigenvalue weighted by molar-refractivity contribution is 0.0877. The van der Waals surface area contributed by atoms with Gasteiger partial charge in [-0.05, 0) is 348 Å². The molecule has 2 aliphatic heterocycles. The molecule has 626 valence electrons. The first kappa shape index (κ1) is 76.4. The largest absolute Gasteiger partial charge is 0.508 e. The average molecular weight is 1690 g/mol. The number of fused-ring (bicyclic) bond motifs is 14. The number of amides is 4. The van der Waals surface area contributed by atoms with Crippen LogP contribution in [0.5, 0.6) is 69.0 Å². The van der Waals surface area contributed by atoms with Crippen molar-refractivity contribution < 1.29 is 58.6 Å². The number of hydrogen-bond donors (Lipinski definition) is 4. The topological polar surface area (TPSA) is 193 Å². The van der Waals surface area contributed by atoms with E-state index in [-0.39, 0.29) is 46.7 Å². The van der Waals surface area contributed by atoms with Crippen molar-refractivity contribution in [3.05, 3.63) is 322 Å². The summed E-state index contributed by atoms with van der Waals surface area (Å²) in [5.74, 6) is 1.46. The first-order valence-corrected chi connectivity index (χ1v) is 44.4. The number of carbonyl (C=O) groups is 4. The van der Waals surface area contributed by atoms with Crippen LogP contribution in [0, 0.1) is 0 Å². The number of imide groups is 2. The van der Waals surface area contributed by atoms with Crippen LogP contribution in [0.25, 0.3) is 164 Å². The Hall–Kier alpha value is -16.1. The molecule has 0 aromatic heterocycles. The van der Waals surface area contributed by atoms with Crippen LogP contribution in [0.3, 0.4) is 0 Å². The third-order valence-electron chi connectivity index (χ3n) is 27.9. The summed E-state index contributed by atoms with van der Waals surface area (Å²) in [5, 5.41) is 59.2. The highest BCUT2D eigenvalue weighted by molar-refractivity contribution is 6.48. The smallest absolute Gasteiger partial charge is 0.266 e. The first-order chi connectivity index (χ1) is 63.0. The van der Waals surface area contributed by atoms with E-state index in [1.807, 2.05) is 36.4 Å². The zero-order valence-corrected chi connectivity index (χ0v) is 72.1. The zero-order valence-electron chi connectivity index (χ0n) is 72.1. The molecule has 0 unspecified atom stereocenters. The number of aryl methyl sites for hydroxylation is 2. The second kappa shape index (κ2) is 27.7. The van der Waals surface area contributed by atoms with E-state index in [2.05, 4.69) is 165 Å². The Kier molecular flexibility index (Phi) is 16.3. The molecule has 20 aromatic rings. The summed E-state index contributed by atoms with van der Waals surface area (Å²) in [6.45, 7) is 16.6. The molecule has 0 saturated carbocycles. The fraction of sp³-hybridized carbons (Fsp3) is 0.121. The molecule has 20 aromatic carbocycles. The number of phenols is 4. The summed E-state index contributed by atoms with van der Waals surface area (Å²) in [7, 11) is 0. The van der Waals surface area contributed by atoms with Gasteiger partial charge in [-0.3, -0.25) is 19.2 Å². The molecular formula is C116H80N2O12. The van der Waals surface area contributed by atoms with E-state index in [0.29, 0.717) is 123 Å². The number of benzene rings is 20. The van der Waals surface area contributed by atoms with Gasteiger partial charge in [-0.2, -0.15) is 0 Å². The summed E-state index contributed by atoms with van der Waals surface area (Å²) >= 11 is 0. The van der Waals surface area contributed by atoms with Crippen LogP contribution < -0.4 is 28.7 Å². The van der Waals surface area contributed by atoms with Gasteiger partial charge in [0.25, 0.3) is 23.6 Å². The maximum atomic E-state index is 16.0. The zero-order chi connectivity index (χ0) is 88.3. The maximum Gasteiger partial charge on any atom is 0.266 e. The van der Waals surface area contributed by atoms with Gasteiger partial charge in [0.15, 0.2) is 0 Å². The Morgan fingerprint density at radius 2 is 0.492 bits per heavy atom. The van der Waals surface area contributed by atoms with Crippen LogP contribution in [-0.2, 0) is 12.8 Å². The molecule has 0 radical (unpaired) electrons. The fourth-order valence-electron chi connectivity index (χ4n) is 22.1. The summed E-state index contributed by atoms with van der Waals surface area (Å²) in [6.07, 6.45) is 6.11. The van der Waals surface area contributed by atoms with Gasteiger partial charge in [0, 0.05) is 43.1 Å². The Morgan fingerprint density at radius 3 is 0.746 bits per heavy atom. The highest BCUT2D eigenvalue weighted by atomic mass is 16.5. The second-order valence-electron chi connectivity index (χ2n) is 36.7. The Morgan fingerprint density at radius 1 is 0.246 bits per heavy atom. The molecule has 25 rings (SSSR count). The van der Waals surface area contributed by atoms with Gasteiger partial charge < -0.3 is 39.4 Å². The molecule has 0 spiro atoms. The van der Waals surface area contributed by atoms with Crippen LogP contribution >= 0.6 is 0 Å². The highest BCUT2D eigenvalue weighted by Crippen LogP contribution is 2.62. The van der Waals surface area contributed by atoms with E-state index in [1.54, 1.807) is 121 Å². The lowest BCUT2D eigenvalue weighted by Crippen LogP contribution is -2.42. The predicted molar refractivity (Wildman–Crippen MR) is 520 cm³/mol. The number of carbonyl (C=O) groups excluding carboxylic acids is 4. The van der Waals surface area contributed by atoms with Crippen molar-refractivity contribution in [3.63, 3.8) is 0 Å². The summed E-state index contributed by atoms with van der Waals surface area (Å²) in [5.41, 5.74) is 19.2. The Labute approximate surface area is 745 Å². The molecule has 14 nitrogen and oxygen atoms in total. The minimum atomic E-state index is -0.473. The van der Waals surface area contributed by atoms with E-state index in [4.69, 9.17) is 18.9 Å². The van der Waals surface area contributed by atoms with Crippen molar-refractivity contribution in [3.8, 4) is 114 Å². The maximum absolute atomic E-state index is 16.0. The van der Waals surface area contributed by atoms with Crippen LogP contribution in [0.2, 0.25) is 0 Å². The van der Waals surface area contributed by atoms with Crippen LogP contribution in [0.1, 0.15) is 165 Å². The number of para-hydroxylation sites is 2. The average Bonchev–Trinajstić information content (AvgIpc) is 0.967. The van der Waals surface area contributed by atoms with E-state index < -0.39 is 23.6 Å². The van der Waals surface area contributed by atoms with E-state index in [1.165, 1.54) is 20.9 Å². The molecule has 4 amide bonds. The van der Waals surface area contributed by atoms with Gasteiger partial charge in [0.1, 0.15) is 69.0 Å². The predicted octanol–water partition coefficient (Wildman–Crippen LogP) is 29.7. The standard InChI is InChI=1S/C116H80N2O12/c1-55(2)75-11-9-12-76(56(3)4)111(75)117-113(123)91-51-95(127-71-27-19-67(119)20-28-71)105-83-39-35-79-87-47-63-43-59-15-17-61-45-65-49-89-81-37-41-85-102-86(108-98(130-74-33-25-70(122)26-34-74)54-94-104-93(53-97(107(85)110(104)108)129-73-31-23-69(121)24-32-73)115(125)118(116(94)126)112-77(57(5)6)13-10-14-78(112)58(7)8)42-38-82(100(81)102)90(89)50-66(65)46-62(61)18-16-60(59)44-64(63)48-88(87)80-36-40-84(101(83)99(79)80)106-96(128-72-29-21-68(120)22-30-72)52-92(114(117)124)103(91)109(105)106/h9-15,17,19-58,119-122H,16,18H2,1-8H3/b17-15-. The molecular weight excluding hydrogens is 1610 g/mol. The molecule has 0 bridgehead atoms. The highest BCUT2D eigenvalue weighted by Gasteiger charge is 2.44. The van der Waals surface area contributed by atoms with Crippen molar-refractivity contribution in [1.29, 1.82) is 0 Å². The van der Waals surface area contributed by atoms with Crippen molar-refractivity contribution in [1.82, 2.24) is 0 Å². The minimum absolute atomic E-state index is 0.0414. The Bertz CT molecular complexity index is 7800. The van der Waals surface area contributed by atoms with Crippen molar-refractivity contribution >= 4 is 155 Å². The Balaban J connectivity index is 0.619. The third kappa shape index (κ3) is 11.0. The number of aromatic hydroxyl groups is 4. The summed E-state index contributed by atoms with van der Waals surface area (Å²) in [4.78, 5) is 66.6. The van der Waals surface area contributed by atoms with E-state index in [0.717, 1.165) is 155 Å². The van der Waals surface area contributed by atoms with Crippen LogP contribution in [0.4, 0.5) is 11.4 Å². The van der Waals surface area contributed by atoms with Gasteiger partial charge in [0.05, 0.1) is 33.6 Å². The monoisotopic (exact) mass is 1690 g/mol. The lowest BCUT2D eigenvalue weighted by Gasteiger charge is -2.33. The third-order valence-corrected chi connectivity index (χ3v) is 27.9. The number of nitrogens with zero attached hydrogens (tertiary/aromatic N) is 2. The van der Waals surface area contributed by atoms with Gasteiger partial charge >= 0.3 is 0 Å². The van der Waals surface area contributed by atoms with Gasteiger partial charge in [0.2, 0.25) is 0 Å². The first-order valence-electron chi connectivity index (χ1n) is 44.4. The van der Waals surface area contributed by atoms with Crippen molar-refractivity contribution in [2.45, 2.75) is 91.9 Å². The fourth-order valence-corrected chi connectivity index (χ4v) is 22.1.